The van der Waals surface area contributed by atoms with E-state index in [9.17, 15) is 5.11 Å². The quantitative estimate of drug-likeness (QED) is 0.757. The number of likely N-dealkylation sites (N-methyl/N-ethyl adjacent to an activating group) is 1. The summed E-state index contributed by atoms with van der Waals surface area (Å²) in [6.07, 6.45) is 3.69. The predicted molar refractivity (Wildman–Crippen MR) is 115 cm³/mol. The third-order valence-electron chi connectivity index (χ3n) is 5.45. The molecule has 4 heteroatoms. The van der Waals surface area contributed by atoms with Gasteiger partial charge >= 0.3 is 0 Å². The fourth-order valence-electron chi connectivity index (χ4n) is 4.02. The van der Waals surface area contributed by atoms with Crippen LogP contribution in [0, 0.1) is 0 Å². The molecule has 1 N–H and O–H groups in total. The highest BCUT2D eigenvalue weighted by molar-refractivity contribution is 5.27. The Morgan fingerprint density at radius 2 is 1.71 bits per heavy atom. The van der Waals surface area contributed by atoms with E-state index in [0.29, 0.717) is 6.61 Å². The molecular formula is C24H34N2O2. The Bertz CT molecular complexity index is 702. The van der Waals surface area contributed by atoms with Crippen molar-refractivity contribution in [1.82, 2.24) is 9.80 Å². The second kappa shape index (κ2) is 10.1. The Hall–Kier alpha value is -1.88. The fourth-order valence-corrected chi connectivity index (χ4v) is 4.02. The molecule has 0 aromatic heterocycles. The standard InChI is InChI=1S/C24H34N2O2/c1-25(2)20-24(27)14-6-16-26(17-15-24)19-22-9-11-23(12-10-22)28-18-13-21-7-4-3-5-8-21/h3-5,7-12,27H,6,13-20H2,1-2H3/t24-/m0/s1. The summed E-state index contributed by atoms with van der Waals surface area (Å²) in [5.74, 6) is 0.927. The second-order valence-electron chi connectivity index (χ2n) is 8.32. The van der Waals surface area contributed by atoms with Gasteiger partial charge in [0, 0.05) is 26.1 Å². The zero-order valence-electron chi connectivity index (χ0n) is 17.3. The van der Waals surface area contributed by atoms with Gasteiger partial charge in [-0.1, -0.05) is 42.5 Å². The summed E-state index contributed by atoms with van der Waals surface area (Å²) < 4.78 is 5.89. The van der Waals surface area contributed by atoms with Gasteiger partial charge in [0.25, 0.3) is 0 Å². The molecule has 1 aliphatic heterocycles. The van der Waals surface area contributed by atoms with Crippen molar-refractivity contribution in [2.24, 2.45) is 0 Å². The van der Waals surface area contributed by atoms with Crippen LogP contribution in [0.15, 0.2) is 54.6 Å². The highest BCUT2D eigenvalue weighted by Crippen LogP contribution is 2.24. The summed E-state index contributed by atoms with van der Waals surface area (Å²) in [5.41, 5.74) is 2.05. The largest absolute Gasteiger partial charge is 0.493 e. The Labute approximate surface area is 169 Å². The van der Waals surface area contributed by atoms with Gasteiger partial charge in [0.15, 0.2) is 0 Å². The first kappa shape index (κ1) is 20.8. The lowest BCUT2D eigenvalue weighted by Gasteiger charge is -2.30. The molecule has 1 atom stereocenters. The average molecular weight is 383 g/mol. The maximum atomic E-state index is 10.8. The van der Waals surface area contributed by atoms with E-state index in [1.165, 1.54) is 11.1 Å². The van der Waals surface area contributed by atoms with E-state index >= 15 is 0 Å². The Morgan fingerprint density at radius 1 is 0.964 bits per heavy atom. The Morgan fingerprint density at radius 3 is 2.43 bits per heavy atom. The summed E-state index contributed by atoms with van der Waals surface area (Å²) in [6.45, 7) is 4.36. The van der Waals surface area contributed by atoms with Gasteiger partial charge in [-0.05, 0) is 63.2 Å². The summed E-state index contributed by atoms with van der Waals surface area (Å²) in [6, 6.07) is 18.9. The van der Waals surface area contributed by atoms with Crippen LogP contribution in [-0.4, -0.2) is 60.8 Å². The van der Waals surface area contributed by atoms with Crippen molar-refractivity contribution in [2.75, 3.05) is 40.3 Å². The van der Waals surface area contributed by atoms with Crippen molar-refractivity contribution >= 4 is 0 Å². The van der Waals surface area contributed by atoms with Crippen LogP contribution < -0.4 is 4.74 Å². The normalized spacial score (nSPS) is 20.9. The van der Waals surface area contributed by atoms with E-state index in [0.717, 1.165) is 57.6 Å². The van der Waals surface area contributed by atoms with Crippen LogP contribution in [0.1, 0.15) is 30.4 Å². The van der Waals surface area contributed by atoms with Crippen molar-refractivity contribution in [3.63, 3.8) is 0 Å². The predicted octanol–water partition coefficient (Wildman–Crippen LogP) is 3.59. The number of ether oxygens (including phenoxy) is 1. The van der Waals surface area contributed by atoms with Crippen molar-refractivity contribution < 1.29 is 9.84 Å². The number of likely N-dealkylation sites (tertiary alicyclic amines) is 1. The molecule has 2 aromatic rings. The molecule has 0 radical (unpaired) electrons. The van der Waals surface area contributed by atoms with E-state index in [-0.39, 0.29) is 0 Å². The molecule has 1 heterocycles. The summed E-state index contributed by atoms with van der Waals surface area (Å²) in [5, 5.41) is 10.8. The first-order valence-electron chi connectivity index (χ1n) is 10.4. The minimum absolute atomic E-state index is 0.547. The number of benzene rings is 2. The van der Waals surface area contributed by atoms with Gasteiger partial charge in [0.2, 0.25) is 0 Å². The highest BCUT2D eigenvalue weighted by atomic mass is 16.5. The molecule has 0 aliphatic carbocycles. The highest BCUT2D eigenvalue weighted by Gasteiger charge is 2.30. The molecule has 0 unspecified atom stereocenters. The van der Waals surface area contributed by atoms with Gasteiger partial charge < -0.3 is 14.7 Å². The maximum Gasteiger partial charge on any atom is 0.119 e. The Kier molecular flexibility index (Phi) is 7.49. The second-order valence-corrected chi connectivity index (χ2v) is 8.32. The van der Waals surface area contributed by atoms with Gasteiger partial charge in [0.05, 0.1) is 12.2 Å². The van der Waals surface area contributed by atoms with Crippen LogP contribution in [0.3, 0.4) is 0 Å². The third kappa shape index (κ3) is 6.62. The van der Waals surface area contributed by atoms with Crippen LogP contribution in [0.2, 0.25) is 0 Å². The van der Waals surface area contributed by atoms with E-state index < -0.39 is 5.60 Å². The molecule has 0 spiro atoms. The number of rotatable bonds is 8. The summed E-state index contributed by atoms with van der Waals surface area (Å²) in [7, 11) is 4.06. The molecule has 0 saturated carbocycles. The third-order valence-corrected chi connectivity index (χ3v) is 5.45. The molecule has 152 valence electrons. The van der Waals surface area contributed by atoms with Gasteiger partial charge in [-0.15, -0.1) is 0 Å². The topological polar surface area (TPSA) is 35.9 Å². The van der Waals surface area contributed by atoms with E-state index in [1.54, 1.807) is 0 Å². The molecule has 4 nitrogen and oxygen atoms in total. The zero-order chi connectivity index (χ0) is 19.8. The molecule has 1 fully saturated rings. The molecular weight excluding hydrogens is 348 g/mol. The van der Waals surface area contributed by atoms with E-state index in [2.05, 4.69) is 58.3 Å². The molecule has 28 heavy (non-hydrogen) atoms. The lowest BCUT2D eigenvalue weighted by Crippen LogP contribution is -2.40. The molecule has 1 saturated heterocycles. The van der Waals surface area contributed by atoms with Crippen LogP contribution in [0.5, 0.6) is 5.75 Å². The first-order valence-corrected chi connectivity index (χ1v) is 10.4. The lowest BCUT2D eigenvalue weighted by atomic mass is 9.94. The monoisotopic (exact) mass is 382 g/mol. The van der Waals surface area contributed by atoms with Gasteiger partial charge in [-0.3, -0.25) is 4.90 Å². The van der Waals surface area contributed by atoms with Crippen molar-refractivity contribution in [1.29, 1.82) is 0 Å². The van der Waals surface area contributed by atoms with E-state index in [1.807, 2.05) is 20.2 Å². The number of hydrogen-bond donors (Lipinski definition) is 1. The van der Waals surface area contributed by atoms with Gasteiger partial charge in [0.1, 0.15) is 5.75 Å². The van der Waals surface area contributed by atoms with Crippen LogP contribution in [0.25, 0.3) is 0 Å². The fraction of sp³-hybridized carbons (Fsp3) is 0.500. The molecule has 1 aliphatic rings. The minimum atomic E-state index is -0.547. The maximum absolute atomic E-state index is 10.8. The SMILES string of the molecule is CN(C)C[C@]1(O)CCCN(Cc2ccc(OCCc3ccccc3)cc2)CC1. The number of aliphatic hydroxyl groups is 1. The number of hydrogen-bond acceptors (Lipinski definition) is 4. The molecule has 3 rings (SSSR count). The van der Waals surface area contributed by atoms with Crippen LogP contribution >= 0.6 is 0 Å². The molecule has 0 bridgehead atoms. The van der Waals surface area contributed by atoms with Crippen LogP contribution in [0.4, 0.5) is 0 Å². The molecule has 2 aromatic carbocycles. The minimum Gasteiger partial charge on any atom is -0.493 e. The lowest BCUT2D eigenvalue weighted by molar-refractivity contribution is 0.00258. The number of nitrogens with zero attached hydrogens (tertiary/aromatic N) is 2. The van der Waals surface area contributed by atoms with E-state index in [4.69, 9.17) is 4.74 Å². The van der Waals surface area contributed by atoms with Crippen molar-refractivity contribution in [3.8, 4) is 5.75 Å². The first-order chi connectivity index (χ1) is 13.5. The summed E-state index contributed by atoms with van der Waals surface area (Å²) in [4.78, 5) is 4.55. The van der Waals surface area contributed by atoms with Gasteiger partial charge in [-0.25, -0.2) is 0 Å². The summed E-state index contributed by atoms with van der Waals surface area (Å²) >= 11 is 0. The van der Waals surface area contributed by atoms with Crippen molar-refractivity contribution in [3.05, 3.63) is 65.7 Å². The Balaban J connectivity index is 1.45. The smallest absolute Gasteiger partial charge is 0.119 e. The average Bonchev–Trinajstić information content (AvgIpc) is 2.85. The molecule has 0 amide bonds. The van der Waals surface area contributed by atoms with Crippen LogP contribution in [-0.2, 0) is 13.0 Å². The van der Waals surface area contributed by atoms with Gasteiger partial charge in [-0.2, -0.15) is 0 Å². The van der Waals surface area contributed by atoms with Crippen molar-refractivity contribution in [2.45, 2.75) is 37.8 Å². The zero-order valence-corrected chi connectivity index (χ0v) is 17.3.